The van der Waals surface area contributed by atoms with Gasteiger partial charge in [-0.2, -0.15) is 5.26 Å². The Hall–Kier alpha value is -1.76. The summed E-state index contributed by atoms with van der Waals surface area (Å²) in [7, 11) is 0. The largest absolute Gasteiger partial charge is 0.298 e. The van der Waals surface area contributed by atoms with Gasteiger partial charge in [-0.3, -0.25) is 4.79 Å². The van der Waals surface area contributed by atoms with E-state index in [1.165, 1.54) is 6.07 Å². The average Bonchev–Trinajstić information content (AvgIpc) is 2.19. The van der Waals surface area contributed by atoms with Gasteiger partial charge in [0.15, 0.2) is 5.78 Å². The molecule has 1 atom stereocenters. The van der Waals surface area contributed by atoms with Crippen LogP contribution in [0.5, 0.6) is 0 Å². The van der Waals surface area contributed by atoms with E-state index < -0.39 is 17.6 Å². The highest BCUT2D eigenvalue weighted by atomic mass is 19.1. The average molecular weight is 235 g/mol. The topological polar surface area (TPSA) is 40.9 Å². The lowest BCUT2D eigenvalue weighted by Crippen LogP contribution is -2.27. The molecule has 2 nitrogen and oxygen atoms in total. The Bertz CT molecular complexity index is 489. The predicted octanol–water partition coefficient (Wildman–Crippen LogP) is 2.94. The molecule has 0 saturated heterocycles. The Morgan fingerprint density at radius 2 is 2.12 bits per heavy atom. The second-order valence-electron chi connectivity index (χ2n) is 4.26. The van der Waals surface area contributed by atoms with Crippen molar-refractivity contribution in [3.63, 3.8) is 0 Å². The minimum atomic E-state index is -1.11. The van der Waals surface area contributed by atoms with Crippen molar-refractivity contribution in [1.29, 1.82) is 5.26 Å². The molecular formula is C13H11F2NO. The van der Waals surface area contributed by atoms with Crippen LogP contribution in [0.15, 0.2) is 18.2 Å². The molecule has 1 fully saturated rings. The lowest BCUT2D eigenvalue weighted by atomic mass is 9.76. The molecule has 1 aliphatic carbocycles. The van der Waals surface area contributed by atoms with Crippen molar-refractivity contribution in [3.8, 4) is 6.07 Å². The molecule has 2 rings (SSSR count). The zero-order chi connectivity index (χ0) is 12.4. The predicted molar refractivity (Wildman–Crippen MR) is 57.1 cm³/mol. The van der Waals surface area contributed by atoms with Crippen LogP contribution in [0.4, 0.5) is 8.78 Å². The third-order valence-electron chi connectivity index (χ3n) is 3.19. The standard InChI is InChI=1S/C13H11F2NO/c14-9-4-5-10(12(15)6-9)11(7-16)13(17)8-2-1-3-8/h4-6,8,11H,1-3H2. The van der Waals surface area contributed by atoms with E-state index in [4.69, 9.17) is 5.26 Å². The van der Waals surface area contributed by atoms with Gasteiger partial charge in [0.25, 0.3) is 0 Å². The molecule has 1 saturated carbocycles. The highest BCUT2D eigenvalue weighted by molar-refractivity contribution is 5.90. The molecule has 1 unspecified atom stereocenters. The van der Waals surface area contributed by atoms with Crippen molar-refractivity contribution in [3.05, 3.63) is 35.4 Å². The van der Waals surface area contributed by atoms with E-state index in [-0.39, 0.29) is 17.3 Å². The molecule has 4 heteroatoms. The number of benzene rings is 1. The Kier molecular flexibility index (Phi) is 3.19. The van der Waals surface area contributed by atoms with Crippen molar-refractivity contribution in [2.24, 2.45) is 5.92 Å². The van der Waals surface area contributed by atoms with E-state index in [1.54, 1.807) is 0 Å². The van der Waals surface area contributed by atoms with Crippen LogP contribution in [0.25, 0.3) is 0 Å². The van der Waals surface area contributed by atoms with E-state index in [1.807, 2.05) is 6.07 Å². The van der Waals surface area contributed by atoms with Crippen LogP contribution in [0.3, 0.4) is 0 Å². The second kappa shape index (κ2) is 4.62. The van der Waals surface area contributed by atoms with Crippen molar-refractivity contribution < 1.29 is 13.6 Å². The van der Waals surface area contributed by atoms with Crippen LogP contribution in [-0.4, -0.2) is 5.78 Å². The van der Waals surface area contributed by atoms with Crippen molar-refractivity contribution in [2.45, 2.75) is 25.2 Å². The summed E-state index contributed by atoms with van der Waals surface area (Å²) in [5, 5.41) is 8.98. The Labute approximate surface area is 97.9 Å². The van der Waals surface area contributed by atoms with E-state index >= 15 is 0 Å². The summed E-state index contributed by atoms with van der Waals surface area (Å²) in [4.78, 5) is 11.9. The summed E-state index contributed by atoms with van der Waals surface area (Å²) in [5.74, 6) is -3.03. The number of carbonyl (C=O) groups excluding carboxylic acids is 1. The maximum Gasteiger partial charge on any atom is 0.157 e. The zero-order valence-electron chi connectivity index (χ0n) is 9.12. The number of Topliss-reactive ketones (excluding diaryl/α,β-unsaturated/α-hetero) is 1. The highest BCUT2D eigenvalue weighted by Gasteiger charge is 2.33. The molecule has 1 aliphatic rings. The molecule has 1 aromatic carbocycles. The number of ketones is 1. The summed E-state index contributed by atoms with van der Waals surface area (Å²) in [6.07, 6.45) is 2.50. The lowest BCUT2D eigenvalue weighted by Gasteiger charge is -2.25. The minimum Gasteiger partial charge on any atom is -0.298 e. The second-order valence-corrected chi connectivity index (χ2v) is 4.26. The Morgan fingerprint density at radius 3 is 2.59 bits per heavy atom. The Morgan fingerprint density at radius 1 is 1.41 bits per heavy atom. The van der Waals surface area contributed by atoms with E-state index in [2.05, 4.69) is 0 Å². The molecule has 0 N–H and O–H groups in total. The van der Waals surface area contributed by atoms with Gasteiger partial charge in [-0.1, -0.05) is 12.5 Å². The number of nitrogens with zero attached hydrogens (tertiary/aromatic N) is 1. The van der Waals surface area contributed by atoms with Crippen molar-refractivity contribution >= 4 is 5.78 Å². The van der Waals surface area contributed by atoms with E-state index in [0.29, 0.717) is 6.07 Å². The molecule has 0 amide bonds. The normalized spacial score (nSPS) is 17.0. The molecule has 0 aliphatic heterocycles. The first kappa shape index (κ1) is 11.7. The first-order valence-electron chi connectivity index (χ1n) is 5.51. The van der Waals surface area contributed by atoms with Crippen LogP contribution >= 0.6 is 0 Å². The molecule has 0 heterocycles. The quantitative estimate of drug-likeness (QED) is 0.808. The zero-order valence-corrected chi connectivity index (χ0v) is 9.12. The van der Waals surface area contributed by atoms with E-state index in [0.717, 1.165) is 25.3 Å². The number of hydrogen-bond donors (Lipinski definition) is 0. The van der Waals surface area contributed by atoms with Crippen LogP contribution < -0.4 is 0 Å². The number of nitriles is 1. The van der Waals surface area contributed by atoms with Gasteiger partial charge in [0, 0.05) is 17.5 Å². The van der Waals surface area contributed by atoms with Gasteiger partial charge in [-0.15, -0.1) is 0 Å². The van der Waals surface area contributed by atoms with Gasteiger partial charge in [0.2, 0.25) is 0 Å². The molecule has 17 heavy (non-hydrogen) atoms. The smallest absolute Gasteiger partial charge is 0.157 e. The number of rotatable bonds is 3. The summed E-state index contributed by atoms with van der Waals surface area (Å²) in [5.41, 5.74) is -0.0224. The number of carbonyl (C=O) groups is 1. The van der Waals surface area contributed by atoms with Crippen LogP contribution in [-0.2, 0) is 4.79 Å². The first-order valence-corrected chi connectivity index (χ1v) is 5.51. The molecule has 0 spiro atoms. The molecule has 0 radical (unpaired) electrons. The fourth-order valence-electron chi connectivity index (χ4n) is 1.95. The van der Waals surface area contributed by atoms with Gasteiger partial charge >= 0.3 is 0 Å². The summed E-state index contributed by atoms with van der Waals surface area (Å²) >= 11 is 0. The first-order chi connectivity index (χ1) is 8.13. The maximum atomic E-state index is 13.5. The maximum absolute atomic E-state index is 13.5. The third-order valence-corrected chi connectivity index (χ3v) is 3.19. The summed E-state index contributed by atoms with van der Waals surface area (Å²) in [6, 6.07) is 4.76. The van der Waals surface area contributed by atoms with E-state index in [9.17, 15) is 13.6 Å². The highest BCUT2D eigenvalue weighted by Crippen LogP contribution is 2.33. The van der Waals surface area contributed by atoms with Gasteiger partial charge in [0.1, 0.15) is 17.6 Å². The van der Waals surface area contributed by atoms with Crippen LogP contribution in [0.2, 0.25) is 0 Å². The van der Waals surface area contributed by atoms with Crippen LogP contribution in [0.1, 0.15) is 30.7 Å². The SMILES string of the molecule is N#CC(C(=O)C1CCC1)c1ccc(F)cc1F. The molecule has 1 aromatic rings. The molecule has 88 valence electrons. The summed E-state index contributed by atoms with van der Waals surface area (Å²) in [6.45, 7) is 0. The number of halogens is 2. The van der Waals surface area contributed by atoms with Gasteiger partial charge in [-0.05, 0) is 18.9 Å². The van der Waals surface area contributed by atoms with Crippen molar-refractivity contribution in [1.82, 2.24) is 0 Å². The molecular weight excluding hydrogens is 224 g/mol. The van der Waals surface area contributed by atoms with Crippen molar-refractivity contribution in [2.75, 3.05) is 0 Å². The molecule has 0 bridgehead atoms. The summed E-state index contributed by atoms with van der Waals surface area (Å²) < 4.78 is 26.2. The lowest BCUT2D eigenvalue weighted by molar-refractivity contribution is -0.125. The molecule has 0 aromatic heterocycles. The minimum absolute atomic E-state index is 0.0224. The van der Waals surface area contributed by atoms with Gasteiger partial charge in [-0.25, -0.2) is 8.78 Å². The monoisotopic (exact) mass is 235 g/mol. The van der Waals surface area contributed by atoms with Crippen LogP contribution in [0, 0.1) is 28.9 Å². The van der Waals surface area contributed by atoms with Gasteiger partial charge < -0.3 is 0 Å². The fourth-order valence-corrected chi connectivity index (χ4v) is 1.95. The van der Waals surface area contributed by atoms with Gasteiger partial charge in [0.05, 0.1) is 6.07 Å². The number of hydrogen-bond acceptors (Lipinski definition) is 2. The Balaban J connectivity index is 2.29. The fraction of sp³-hybridized carbons (Fsp3) is 0.385. The third kappa shape index (κ3) is 2.19.